The van der Waals surface area contributed by atoms with Gasteiger partial charge in [-0.15, -0.1) is 0 Å². The van der Waals surface area contributed by atoms with Crippen LogP contribution >= 0.6 is 0 Å². The first-order valence-electron chi connectivity index (χ1n) is 5.63. The number of hydrogen-bond acceptors (Lipinski definition) is 3. The molecule has 2 aromatic rings. The zero-order valence-electron chi connectivity index (χ0n) is 10.5. The van der Waals surface area contributed by atoms with E-state index < -0.39 is 0 Å². The van der Waals surface area contributed by atoms with Crippen molar-refractivity contribution in [2.24, 2.45) is 0 Å². The fraction of sp³-hybridized carbons (Fsp3) is 0.133. The van der Waals surface area contributed by atoms with Crippen LogP contribution in [0.1, 0.15) is 11.1 Å². The van der Waals surface area contributed by atoms with E-state index in [0.29, 0.717) is 0 Å². The molecule has 0 bridgehead atoms. The number of hydrogen-bond donors (Lipinski definition) is 0. The monoisotopic (exact) mass is 241 g/mol. The zero-order valence-corrected chi connectivity index (χ0v) is 10.5. The van der Waals surface area contributed by atoms with Gasteiger partial charge < -0.3 is 9.47 Å². The van der Waals surface area contributed by atoms with Crippen molar-refractivity contribution in [3.05, 3.63) is 53.9 Å². The quantitative estimate of drug-likeness (QED) is 0.823. The predicted octanol–water partition coefficient (Wildman–Crippen LogP) is 3.27. The van der Waals surface area contributed by atoms with Gasteiger partial charge in [0.1, 0.15) is 0 Å². The van der Waals surface area contributed by atoms with Gasteiger partial charge in [-0.2, -0.15) is 0 Å². The highest BCUT2D eigenvalue weighted by atomic mass is 16.5. The molecule has 3 nitrogen and oxygen atoms in total. The van der Waals surface area contributed by atoms with E-state index in [1.165, 1.54) is 0 Å². The van der Waals surface area contributed by atoms with Gasteiger partial charge in [0.15, 0.2) is 11.5 Å². The van der Waals surface area contributed by atoms with E-state index in [2.05, 4.69) is 4.98 Å². The zero-order chi connectivity index (χ0) is 12.8. The maximum absolute atomic E-state index is 5.26. The topological polar surface area (TPSA) is 31.4 Å². The molecular formula is C15H15NO2. The van der Waals surface area contributed by atoms with Gasteiger partial charge in [-0.1, -0.05) is 18.2 Å². The smallest absolute Gasteiger partial charge is 0.161 e. The lowest BCUT2D eigenvalue weighted by Gasteiger charge is -2.07. The first-order chi connectivity index (χ1) is 8.83. The van der Waals surface area contributed by atoms with Crippen molar-refractivity contribution in [2.45, 2.75) is 0 Å². The SMILES string of the molecule is COc1ccc(/C=C/c2ccncc2)cc1OC. The highest BCUT2D eigenvalue weighted by Crippen LogP contribution is 2.28. The van der Waals surface area contributed by atoms with Crippen molar-refractivity contribution in [1.82, 2.24) is 4.98 Å². The number of rotatable bonds is 4. The minimum atomic E-state index is 0.731. The molecule has 3 heteroatoms. The molecule has 0 spiro atoms. The molecule has 0 aliphatic heterocycles. The van der Waals surface area contributed by atoms with Crippen LogP contribution < -0.4 is 9.47 Å². The lowest BCUT2D eigenvalue weighted by molar-refractivity contribution is 0.355. The minimum absolute atomic E-state index is 0.731. The van der Waals surface area contributed by atoms with E-state index in [0.717, 1.165) is 22.6 Å². The molecule has 0 amide bonds. The van der Waals surface area contributed by atoms with Crippen LogP contribution in [0.15, 0.2) is 42.7 Å². The Kier molecular flexibility index (Phi) is 3.97. The number of pyridine rings is 1. The number of ether oxygens (including phenoxy) is 2. The maximum Gasteiger partial charge on any atom is 0.161 e. The van der Waals surface area contributed by atoms with Gasteiger partial charge in [0.25, 0.3) is 0 Å². The van der Waals surface area contributed by atoms with Crippen LogP contribution in [0.2, 0.25) is 0 Å². The Morgan fingerprint density at radius 3 is 2.17 bits per heavy atom. The molecular weight excluding hydrogens is 226 g/mol. The summed E-state index contributed by atoms with van der Waals surface area (Å²) in [6, 6.07) is 9.73. The van der Waals surface area contributed by atoms with Crippen molar-refractivity contribution in [3.63, 3.8) is 0 Å². The Morgan fingerprint density at radius 1 is 0.833 bits per heavy atom. The van der Waals surface area contributed by atoms with Gasteiger partial charge >= 0.3 is 0 Å². The fourth-order valence-electron chi connectivity index (χ4n) is 1.62. The molecule has 0 aliphatic rings. The molecule has 0 N–H and O–H groups in total. The predicted molar refractivity (Wildman–Crippen MR) is 72.7 cm³/mol. The molecule has 0 unspecified atom stereocenters. The van der Waals surface area contributed by atoms with Gasteiger partial charge in [-0.25, -0.2) is 0 Å². The summed E-state index contributed by atoms with van der Waals surface area (Å²) >= 11 is 0. The maximum atomic E-state index is 5.26. The standard InChI is InChI=1S/C15H15NO2/c1-17-14-6-5-13(11-15(14)18-2)4-3-12-7-9-16-10-8-12/h3-11H,1-2H3/b4-3+. The van der Waals surface area contributed by atoms with Crippen LogP contribution in [0.25, 0.3) is 12.2 Å². The normalized spacial score (nSPS) is 10.6. The molecule has 2 rings (SSSR count). The summed E-state index contributed by atoms with van der Waals surface area (Å²) in [4.78, 5) is 3.98. The molecule has 18 heavy (non-hydrogen) atoms. The van der Waals surface area contributed by atoms with E-state index >= 15 is 0 Å². The molecule has 0 radical (unpaired) electrons. The van der Waals surface area contributed by atoms with Gasteiger partial charge in [-0.05, 0) is 35.4 Å². The van der Waals surface area contributed by atoms with Crippen LogP contribution in [-0.4, -0.2) is 19.2 Å². The Morgan fingerprint density at radius 2 is 1.50 bits per heavy atom. The molecule has 1 heterocycles. The largest absolute Gasteiger partial charge is 0.493 e. The van der Waals surface area contributed by atoms with Crippen LogP contribution in [0.5, 0.6) is 11.5 Å². The second kappa shape index (κ2) is 5.87. The van der Waals surface area contributed by atoms with Crippen LogP contribution in [0.3, 0.4) is 0 Å². The second-order valence-corrected chi connectivity index (χ2v) is 3.73. The van der Waals surface area contributed by atoms with E-state index in [1.54, 1.807) is 26.6 Å². The van der Waals surface area contributed by atoms with Crippen LogP contribution in [0.4, 0.5) is 0 Å². The molecule has 92 valence electrons. The van der Waals surface area contributed by atoms with E-state index in [9.17, 15) is 0 Å². The third-order valence-corrected chi connectivity index (χ3v) is 2.58. The summed E-state index contributed by atoms with van der Waals surface area (Å²) in [7, 11) is 3.26. The Balaban J connectivity index is 2.22. The Bertz CT molecular complexity index is 535. The molecule has 0 saturated carbocycles. The number of methoxy groups -OCH3 is 2. The summed E-state index contributed by atoms with van der Waals surface area (Å²) in [5.41, 5.74) is 2.17. The first-order valence-corrected chi connectivity index (χ1v) is 5.63. The second-order valence-electron chi connectivity index (χ2n) is 3.73. The van der Waals surface area contributed by atoms with Crippen molar-refractivity contribution in [3.8, 4) is 11.5 Å². The highest BCUT2D eigenvalue weighted by Gasteiger charge is 2.02. The molecule has 0 aliphatic carbocycles. The van der Waals surface area contributed by atoms with Crippen molar-refractivity contribution in [2.75, 3.05) is 14.2 Å². The van der Waals surface area contributed by atoms with Gasteiger partial charge in [0, 0.05) is 12.4 Å². The summed E-state index contributed by atoms with van der Waals surface area (Å²) in [6.07, 6.45) is 7.60. The summed E-state index contributed by atoms with van der Waals surface area (Å²) in [5.74, 6) is 1.47. The molecule has 1 aromatic heterocycles. The van der Waals surface area contributed by atoms with Crippen LogP contribution in [-0.2, 0) is 0 Å². The molecule has 0 saturated heterocycles. The Labute approximate surface area is 107 Å². The summed E-state index contributed by atoms with van der Waals surface area (Å²) in [5, 5.41) is 0. The number of aromatic nitrogens is 1. The molecule has 0 fully saturated rings. The van der Waals surface area contributed by atoms with Gasteiger partial charge in [0.2, 0.25) is 0 Å². The molecule has 1 aromatic carbocycles. The lowest BCUT2D eigenvalue weighted by Crippen LogP contribution is -1.90. The van der Waals surface area contributed by atoms with E-state index in [1.807, 2.05) is 42.5 Å². The first kappa shape index (κ1) is 12.2. The minimum Gasteiger partial charge on any atom is -0.493 e. The lowest BCUT2D eigenvalue weighted by atomic mass is 10.1. The Hall–Kier alpha value is -2.29. The van der Waals surface area contributed by atoms with Crippen molar-refractivity contribution in [1.29, 1.82) is 0 Å². The summed E-state index contributed by atoms with van der Waals surface area (Å²) in [6.45, 7) is 0. The van der Waals surface area contributed by atoms with Crippen LogP contribution in [0, 0.1) is 0 Å². The number of benzene rings is 1. The summed E-state index contributed by atoms with van der Waals surface area (Å²) < 4.78 is 10.5. The third kappa shape index (κ3) is 2.88. The highest BCUT2D eigenvalue weighted by molar-refractivity contribution is 5.70. The number of nitrogens with zero attached hydrogens (tertiary/aromatic N) is 1. The fourth-order valence-corrected chi connectivity index (χ4v) is 1.62. The van der Waals surface area contributed by atoms with Crippen molar-refractivity contribution < 1.29 is 9.47 Å². The average Bonchev–Trinajstić information content (AvgIpc) is 2.45. The average molecular weight is 241 g/mol. The molecule has 0 atom stereocenters. The van der Waals surface area contributed by atoms with E-state index in [-0.39, 0.29) is 0 Å². The van der Waals surface area contributed by atoms with E-state index in [4.69, 9.17) is 9.47 Å². The van der Waals surface area contributed by atoms with Gasteiger partial charge in [-0.3, -0.25) is 4.98 Å². The van der Waals surface area contributed by atoms with Gasteiger partial charge in [0.05, 0.1) is 14.2 Å². The third-order valence-electron chi connectivity index (χ3n) is 2.58. The van der Waals surface area contributed by atoms with Crippen molar-refractivity contribution >= 4 is 12.2 Å².